The fourth-order valence-corrected chi connectivity index (χ4v) is 1.21. The van der Waals surface area contributed by atoms with E-state index in [-0.39, 0.29) is 25.1 Å². The molecule has 17 heavy (non-hydrogen) atoms. The highest BCUT2D eigenvalue weighted by molar-refractivity contribution is 5.82. The molecule has 6 heteroatoms. The van der Waals surface area contributed by atoms with Crippen molar-refractivity contribution in [3.63, 3.8) is 0 Å². The maximum atomic E-state index is 11.6. The Hall–Kier alpha value is -1.14. The lowest BCUT2D eigenvalue weighted by Crippen LogP contribution is -2.42. The molecule has 0 heterocycles. The molecule has 100 valence electrons. The Morgan fingerprint density at radius 2 is 1.82 bits per heavy atom. The van der Waals surface area contributed by atoms with E-state index >= 15 is 0 Å². The number of carboxylic acids is 1. The number of ether oxygens (including phenoxy) is 2. The van der Waals surface area contributed by atoms with E-state index in [4.69, 9.17) is 14.6 Å². The van der Waals surface area contributed by atoms with Gasteiger partial charge in [-0.25, -0.2) is 0 Å². The zero-order valence-corrected chi connectivity index (χ0v) is 10.6. The van der Waals surface area contributed by atoms with Gasteiger partial charge in [-0.05, 0) is 20.8 Å². The van der Waals surface area contributed by atoms with Gasteiger partial charge in [0.15, 0.2) is 0 Å². The lowest BCUT2D eigenvalue weighted by atomic mass is 10.3. The van der Waals surface area contributed by atoms with Gasteiger partial charge < -0.3 is 19.5 Å². The van der Waals surface area contributed by atoms with Crippen molar-refractivity contribution in [3.8, 4) is 0 Å². The van der Waals surface area contributed by atoms with Gasteiger partial charge in [-0.2, -0.15) is 0 Å². The highest BCUT2D eigenvalue weighted by Crippen LogP contribution is 1.99. The number of hydrogen-bond donors (Lipinski definition) is 1. The molecule has 0 spiro atoms. The lowest BCUT2D eigenvalue weighted by molar-refractivity contribution is -0.148. The molecule has 0 aromatic carbocycles. The summed E-state index contributed by atoms with van der Waals surface area (Å²) in [5.41, 5.74) is 0. The maximum Gasteiger partial charge on any atom is 0.323 e. The second-order valence-electron chi connectivity index (χ2n) is 3.76. The Bertz CT molecular complexity index is 242. The van der Waals surface area contributed by atoms with Crippen LogP contribution in [0.5, 0.6) is 0 Å². The molecule has 6 nitrogen and oxygen atoms in total. The van der Waals surface area contributed by atoms with Gasteiger partial charge in [0.05, 0.1) is 13.2 Å². The van der Waals surface area contributed by atoms with Crippen molar-refractivity contribution in [1.82, 2.24) is 4.90 Å². The molecule has 0 atom stereocenters. The van der Waals surface area contributed by atoms with Gasteiger partial charge in [0.2, 0.25) is 5.91 Å². The first kappa shape index (κ1) is 15.9. The van der Waals surface area contributed by atoms with Crippen LogP contribution in [-0.2, 0) is 19.1 Å². The average molecular weight is 247 g/mol. The van der Waals surface area contributed by atoms with Gasteiger partial charge in [0, 0.05) is 12.6 Å². The Morgan fingerprint density at radius 3 is 2.29 bits per heavy atom. The van der Waals surface area contributed by atoms with Gasteiger partial charge >= 0.3 is 5.97 Å². The lowest BCUT2D eigenvalue weighted by Gasteiger charge is -2.24. The van der Waals surface area contributed by atoms with E-state index in [1.165, 1.54) is 4.90 Å². The van der Waals surface area contributed by atoms with Crippen LogP contribution in [0.25, 0.3) is 0 Å². The SMILES string of the molecule is CCOCCOCC(=O)N(CC(=O)O)C(C)C. The highest BCUT2D eigenvalue weighted by atomic mass is 16.5. The molecule has 1 N–H and O–H groups in total. The number of carboxylic acid groups (broad SMARTS) is 1. The molecule has 0 saturated carbocycles. The van der Waals surface area contributed by atoms with Crippen molar-refractivity contribution in [1.29, 1.82) is 0 Å². The van der Waals surface area contributed by atoms with Crippen LogP contribution in [0.3, 0.4) is 0 Å². The Labute approximate surface area is 101 Å². The fraction of sp³-hybridized carbons (Fsp3) is 0.818. The van der Waals surface area contributed by atoms with Crippen LogP contribution in [0.2, 0.25) is 0 Å². The highest BCUT2D eigenvalue weighted by Gasteiger charge is 2.19. The maximum absolute atomic E-state index is 11.6. The van der Waals surface area contributed by atoms with Crippen LogP contribution >= 0.6 is 0 Å². The molecular weight excluding hydrogens is 226 g/mol. The van der Waals surface area contributed by atoms with E-state index in [1.54, 1.807) is 13.8 Å². The molecular formula is C11H21NO5. The van der Waals surface area contributed by atoms with Gasteiger partial charge in [-0.1, -0.05) is 0 Å². The summed E-state index contributed by atoms with van der Waals surface area (Å²) in [6, 6.07) is -0.158. The molecule has 1 amide bonds. The predicted molar refractivity (Wildman–Crippen MR) is 61.8 cm³/mol. The third-order valence-electron chi connectivity index (χ3n) is 2.05. The van der Waals surface area contributed by atoms with E-state index in [2.05, 4.69) is 0 Å². The van der Waals surface area contributed by atoms with E-state index in [1.807, 2.05) is 6.92 Å². The molecule has 0 fully saturated rings. The van der Waals surface area contributed by atoms with Crippen molar-refractivity contribution in [2.45, 2.75) is 26.8 Å². The number of nitrogens with zero attached hydrogens (tertiary/aromatic N) is 1. The summed E-state index contributed by atoms with van der Waals surface area (Å²) in [6.45, 7) is 6.36. The van der Waals surface area contributed by atoms with Crippen molar-refractivity contribution < 1.29 is 24.2 Å². The van der Waals surface area contributed by atoms with Gasteiger partial charge in [0.1, 0.15) is 13.2 Å². The van der Waals surface area contributed by atoms with Gasteiger partial charge in [-0.15, -0.1) is 0 Å². The minimum absolute atomic E-state index is 0.113. The Kier molecular flexibility index (Phi) is 8.35. The summed E-state index contributed by atoms with van der Waals surface area (Å²) in [5.74, 6) is -1.35. The van der Waals surface area contributed by atoms with Crippen molar-refractivity contribution in [3.05, 3.63) is 0 Å². The summed E-state index contributed by atoms with van der Waals surface area (Å²) in [7, 11) is 0. The Balaban J connectivity index is 3.94. The van der Waals surface area contributed by atoms with E-state index in [0.717, 1.165) is 0 Å². The minimum atomic E-state index is -1.03. The van der Waals surface area contributed by atoms with Crippen molar-refractivity contribution >= 4 is 11.9 Å². The van der Waals surface area contributed by atoms with Crippen LogP contribution in [-0.4, -0.2) is 60.9 Å². The molecule has 0 aromatic heterocycles. The third kappa shape index (κ3) is 7.70. The average Bonchev–Trinajstić information content (AvgIpc) is 2.24. The van der Waals surface area contributed by atoms with Gasteiger partial charge in [-0.3, -0.25) is 9.59 Å². The van der Waals surface area contributed by atoms with Crippen molar-refractivity contribution in [2.75, 3.05) is 33.0 Å². The third-order valence-corrected chi connectivity index (χ3v) is 2.05. The number of carbonyl (C=O) groups excluding carboxylic acids is 1. The van der Waals surface area contributed by atoms with E-state index < -0.39 is 5.97 Å². The normalized spacial score (nSPS) is 10.6. The number of aliphatic carboxylic acids is 1. The number of hydrogen-bond acceptors (Lipinski definition) is 4. The van der Waals surface area contributed by atoms with Crippen LogP contribution in [0.15, 0.2) is 0 Å². The standard InChI is InChI=1S/C11H21NO5/c1-4-16-5-6-17-8-10(13)12(9(2)3)7-11(14)15/h9H,4-8H2,1-3H3,(H,14,15). The van der Waals surface area contributed by atoms with Crippen LogP contribution in [0.1, 0.15) is 20.8 Å². The largest absolute Gasteiger partial charge is 0.480 e. The fourth-order valence-electron chi connectivity index (χ4n) is 1.21. The molecule has 0 radical (unpaired) electrons. The molecule has 0 saturated heterocycles. The molecule has 0 aliphatic rings. The molecule has 0 aliphatic heterocycles. The smallest absolute Gasteiger partial charge is 0.323 e. The zero-order valence-electron chi connectivity index (χ0n) is 10.6. The summed E-state index contributed by atoms with van der Waals surface area (Å²) in [4.78, 5) is 23.5. The molecule has 0 bridgehead atoms. The van der Waals surface area contributed by atoms with Crippen molar-refractivity contribution in [2.24, 2.45) is 0 Å². The van der Waals surface area contributed by atoms with Crippen LogP contribution < -0.4 is 0 Å². The molecule has 0 aliphatic carbocycles. The number of amides is 1. The summed E-state index contributed by atoms with van der Waals surface area (Å²) >= 11 is 0. The summed E-state index contributed by atoms with van der Waals surface area (Å²) < 4.78 is 10.1. The second-order valence-corrected chi connectivity index (χ2v) is 3.76. The second kappa shape index (κ2) is 8.95. The quantitative estimate of drug-likeness (QED) is 0.595. The Morgan fingerprint density at radius 1 is 1.24 bits per heavy atom. The first-order valence-electron chi connectivity index (χ1n) is 5.65. The topological polar surface area (TPSA) is 76.1 Å². The summed E-state index contributed by atoms with van der Waals surface area (Å²) in [5, 5.41) is 8.67. The van der Waals surface area contributed by atoms with Crippen LogP contribution in [0.4, 0.5) is 0 Å². The van der Waals surface area contributed by atoms with E-state index in [0.29, 0.717) is 19.8 Å². The van der Waals surface area contributed by atoms with E-state index in [9.17, 15) is 9.59 Å². The zero-order chi connectivity index (χ0) is 13.3. The molecule has 0 aromatic rings. The predicted octanol–water partition coefficient (Wildman–Crippen LogP) is 0.361. The minimum Gasteiger partial charge on any atom is -0.480 e. The summed E-state index contributed by atoms with van der Waals surface area (Å²) in [6.07, 6.45) is 0. The first-order chi connectivity index (χ1) is 7.99. The van der Waals surface area contributed by atoms with Gasteiger partial charge in [0.25, 0.3) is 0 Å². The first-order valence-corrected chi connectivity index (χ1v) is 5.65. The molecule has 0 rings (SSSR count). The number of rotatable bonds is 9. The number of carbonyl (C=O) groups is 2. The van der Waals surface area contributed by atoms with Crippen LogP contribution in [0, 0.1) is 0 Å². The molecule has 0 unspecified atom stereocenters. The monoisotopic (exact) mass is 247 g/mol.